The van der Waals surface area contributed by atoms with Crippen LogP contribution in [-0.4, -0.2) is 7.11 Å². The van der Waals surface area contributed by atoms with Crippen molar-refractivity contribution in [3.63, 3.8) is 0 Å². The number of rotatable bonds is 2. The van der Waals surface area contributed by atoms with Crippen molar-refractivity contribution in [3.8, 4) is 17.6 Å². The fraction of sp³-hybridized carbons (Fsp3) is 0.176. The summed E-state index contributed by atoms with van der Waals surface area (Å²) >= 11 is 0. The molecule has 0 aromatic heterocycles. The summed E-state index contributed by atoms with van der Waals surface area (Å²) in [5.74, 6) is 7.50. The van der Waals surface area contributed by atoms with Gasteiger partial charge in [-0.2, -0.15) is 0 Å². The molecule has 2 aromatic rings. The Balaban J connectivity index is 2.23. The topological polar surface area (TPSA) is 9.23 Å². The molecule has 0 amide bonds. The van der Waals surface area contributed by atoms with Crippen molar-refractivity contribution in [2.75, 3.05) is 7.11 Å². The van der Waals surface area contributed by atoms with Gasteiger partial charge < -0.3 is 4.74 Å². The lowest BCUT2D eigenvalue weighted by Crippen LogP contribution is -1.95. The van der Waals surface area contributed by atoms with Gasteiger partial charge in [0.1, 0.15) is 5.75 Å². The zero-order chi connectivity index (χ0) is 12.8. The van der Waals surface area contributed by atoms with E-state index >= 15 is 0 Å². The van der Waals surface area contributed by atoms with Crippen LogP contribution in [-0.2, 0) is 0 Å². The van der Waals surface area contributed by atoms with Crippen molar-refractivity contribution in [2.45, 2.75) is 12.8 Å². The highest BCUT2D eigenvalue weighted by Gasteiger charge is 2.07. The van der Waals surface area contributed by atoms with E-state index in [1.165, 1.54) is 0 Å². The molecule has 0 aliphatic carbocycles. The number of methoxy groups -OCH3 is 1. The lowest BCUT2D eigenvalue weighted by atomic mass is 10.0. The van der Waals surface area contributed by atoms with E-state index in [2.05, 4.69) is 24.8 Å². The summed E-state index contributed by atoms with van der Waals surface area (Å²) in [7, 11) is 1.69. The van der Waals surface area contributed by atoms with Crippen LogP contribution in [0.3, 0.4) is 0 Å². The van der Waals surface area contributed by atoms with E-state index in [4.69, 9.17) is 4.74 Å². The Morgan fingerprint density at radius 1 is 0.944 bits per heavy atom. The molecule has 2 rings (SSSR count). The quantitative estimate of drug-likeness (QED) is 0.720. The molecule has 0 N–H and O–H groups in total. The van der Waals surface area contributed by atoms with E-state index in [1.54, 1.807) is 7.11 Å². The third-order valence-electron chi connectivity index (χ3n) is 2.81. The van der Waals surface area contributed by atoms with Crippen molar-refractivity contribution in [1.82, 2.24) is 0 Å². The first kappa shape index (κ1) is 12.3. The van der Waals surface area contributed by atoms with Gasteiger partial charge in [-0.1, -0.05) is 48.2 Å². The molecule has 1 unspecified atom stereocenters. The second-order valence-electron chi connectivity index (χ2n) is 4.10. The molecule has 0 heterocycles. The zero-order valence-electron chi connectivity index (χ0n) is 10.7. The SMILES string of the molecule is COc1ccccc1C(C)C#Cc1ccccc1. The van der Waals surface area contributed by atoms with Crippen LogP contribution in [0.2, 0.25) is 0 Å². The highest BCUT2D eigenvalue weighted by Crippen LogP contribution is 2.25. The molecule has 0 spiro atoms. The number of ether oxygens (including phenoxy) is 1. The monoisotopic (exact) mass is 236 g/mol. The molecule has 0 radical (unpaired) electrons. The maximum absolute atomic E-state index is 5.35. The van der Waals surface area contributed by atoms with Crippen molar-refractivity contribution < 1.29 is 4.74 Å². The second kappa shape index (κ2) is 5.93. The predicted octanol–water partition coefficient (Wildman–Crippen LogP) is 3.85. The number of benzene rings is 2. The van der Waals surface area contributed by atoms with Crippen LogP contribution < -0.4 is 4.74 Å². The van der Waals surface area contributed by atoms with E-state index in [1.807, 2.05) is 48.5 Å². The average Bonchev–Trinajstić information content (AvgIpc) is 2.45. The fourth-order valence-corrected chi connectivity index (χ4v) is 1.81. The Morgan fingerprint density at radius 2 is 1.61 bits per heavy atom. The van der Waals surface area contributed by atoms with E-state index in [0.29, 0.717) is 0 Å². The molecular formula is C17H16O. The van der Waals surface area contributed by atoms with Crippen molar-refractivity contribution in [1.29, 1.82) is 0 Å². The zero-order valence-corrected chi connectivity index (χ0v) is 10.7. The first-order valence-corrected chi connectivity index (χ1v) is 6.01. The number of hydrogen-bond donors (Lipinski definition) is 0. The summed E-state index contributed by atoms with van der Waals surface area (Å²) in [5.41, 5.74) is 2.17. The number of para-hydroxylation sites is 1. The summed E-state index contributed by atoms with van der Waals surface area (Å²) in [6.45, 7) is 2.09. The fourth-order valence-electron chi connectivity index (χ4n) is 1.81. The third kappa shape index (κ3) is 2.93. The van der Waals surface area contributed by atoms with Crippen LogP contribution in [0.5, 0.6) is 5.75 Å². The van der Waals surface area contributed by atoms with Crippen LogP contribution in [0.4, 0.5) is 0 Å². The molecule has 0 saturated heterocycles. The van der Waals surface area contributed by atoms with E-state index in [0.717, 1.165) is 16.9 Å². The minimum absolute atomic E-state index is 0.154. The van der Waals surface area contributed by atoms with Gasteiger partial charge in [0.25, 0.3) is 0 Å². The Hall–Kier alpha value is -2.20. The molecule has 1 heteroatoms. The molecule has 0 fully saturated rings. The molecule has 1 atom stereocenters. The smallest absolute Gasteiger partial charge is 0.123 e. The molecule has 1 nitrogen and oxygen atoms in total. The maximum Gasteiger partial charge on any atom is 0.123 e. The lowest BCUT2D eigenvalue weighted by Gasteiger charge is -2.10. The van der Waals surface area contributed by atoms with Gasteiger partial charge in [-0.05, 0) is 25.1 Å². The second-order valence-corrected chi connectivity index (χ2v) is 4.10. The van der Waals surface area contributed by atoms with Crippen LogP contribution in [0.25, 0.3) is 0 Å². The molecule has 0 aliphatic rings. The normalized spacial score (nSPS) is 11.2. The van der Waals surface area contributed by atoms with Crippen molar-refractivity contribution in [2.24, 2.45) is 0 Å². The van der Waals surface area contributed by atoms with Crippen LogP contribution in [0.1, 0.15) is 24.0 Å². The van der Waals surface area contributed by atoms with Gasteiger partial charge in [-0.15, -0.1) is 0 Å². The summed E-state index contributed by atoms with van der Waals surface area (Å²) in [4.78, 5) is 0. The van der Waals surface area contributed by atoms with Gasteiger partial charge in [-0.25, -0.2) is 0 Å². The minimum Gasteiger partial charge on any atom is -0.496 e. The van der Waals surface area contributed by atoms with Crippen molar-refractivity contribution in [3.05, 3.63) is 65.7 Å². The van der Waals surface area contributed by atoms with E-state index in [9.17, 15) is 0 Å². The van der Waals surface area contributed by atoms with Gasteiger partial charge in [0.05, 0.1) is 7.11 Å². The minimum atomic E-state index is 0.154. The molecule has 2 aromatic carbocycles. The summed E-state index contributed by atoms with van der Waals surface area (Å²) in [6.07, 6.45) is 0. The van der Waals surface area contributed by atoms with Crippen LogP contribution in [0.15, 0.2) is 54.6 Å². The van der Waals surface area contributed by atoms with Gasteiger partial charge in [-0.3, -0.25) is 0 Å². The standard InChI is InChI=1S/C17H16O/c1-14(12-13-15-8-4-3-5-9-15)16-10-6-7-11-17(16)18-2/h3-11,14H,1-2H3. The molecule has 18 heavy (non-hydrogen) atoms. The Bertz CT molecular complexity index is 561. The van der Waals surface area contributed by atoms with E-state index < -0.39 is 0 Å². The largest absolute Gasteiger partial charge is 0.496 e. The maximum atomic E-state index is 5.35. The van der Waals surface area contributed by atoms with E-state index in [-0.39, 0.29) is 5.92 Å². The van der Waals surface area contributed by atoms with Gasteiger partial charge in [0.2, 0.25) is 0 Å². The third-order valence-corrected chi connectivity index (χ3v) is 2.81. The highest BCUT2D eigenvalue weighted by molar-refractivity contribution is 5.42. The average molecular weight is 236 g/mol. The Morgan fingerprint density at radius 3 is 2.33 bits per heavy atom. The molecule has 0 saturated carbocycles. The Kier molecular flexibility index (Phi) is 4.04. The summed E-state index contributed by atoms with van der Waals surface area (Å²) in [6, 6.07) is 18.0. The summed E-state index contributed by atoms with van der Waals surface area (Å²) < 4.78 is 5.35. The van der Waals surface area contributed by atoms with Crippen LogP contribution in [0, 0.1) is 11.8 Å². The molecule has 0 bridgehead atoms. The van der Waals surface area contributed by atoms with Crippen LogP contribution >= 0.6 is 0 Å². The van der Waals surface area contributed by atoms with Gasteiger partial charge in [0, 0.05) is 17.0 Å². The molecule has 0 aliphatic heterocycles. The highest BCUT2D eigenvalue weighted by atomic mass is 16.5. The molecule has 90 valence electrons. The number of hydrogen-bond acceptors (Lipinski definition) is 1. The van der Waals surface area contributed by atoms with Crippen molar-refractivity contribution >= 4 is 0 Å². The first-order valence-electron chi connectivity index (χ1n) is 6.01. The Labute approximate surface area is 108 Å². The lowest BCUT2D eigenvalue weighted by molar-refractivity contribution is 0.409. The predicted molar refractivity (Wildman–Crippen MR) is 74.7 cm³/mol. The summed E-state index contributed by atoms with van der Waals surface area (Å²) in [5, 5.41) is 0. The van der Waals surface area contributed by atoms with Gasteiger partial charge >= 0.3 is 0 Å². The first-order chi connectivity index (χ1) is 8.81. The molecular weight excluding hydrogens is 220 g/mol. The van der Waals surface area contributed by atoms with Gasteiger partial charge in [0.15, 0.2) is 0 Å².